The lowest BCUT2D eigenvalue weighted by molar-refractivity contribution is -0.125. The second-order valence-corrected chi connectivity index (χ2v) is 6.46. The van der Waals surface area contributed by atoms with Gasteiger partial charge in [-0.2, -0.15) is 0 Å². The van der Waals surface area contributed by atoms with Crippen molar-refractivity contribution in [1.82, 2.24) is 10.6 Å². The number of aryl methyl sites for hydroxylation is 2. The molecule has 3 amide bonds. The Bertz CT molecular complexity index is 817. The van der Waals surface area contributed by atoms with E-state index >= 15 is 0 Å². The maximum atomic E-state index is 12.1. The van der Waals surface area contributed by atoms with E-state index in [2.05, 4.69) is 16.0 Å². The molecule has 0 aliphatic heterocycles. The molecule has 3 N–H and O–H groups in total. The third-order valence-corrected chi connectivity index (χ3v) is 4.11. The molecule has 0 bridgehead atoms. The van der Waals surface area contributed by atoms with Crippen LogP contribution in [-0.2, 0) is 20.9 Å². The van der Waals surface area contributed by atoms with Crippen LogP contribution in [0.15, 0.2) is 48.5 Å². The van der Waals surface area contributed by atoms with E-state index in [1.165, 1.54) is 6.92 Å². The Morgan fingerprint density at radius 3 is 2.25 bits per heavy atom. The molecule has 0 fully saturated rings. The summed E-state index contributed by atoms with van der Waals surface area (Å²) < 4.78 is 5.07. The second kappa shape index (κ2) is 10.1. The fourth-order valence-corrected chi connectivity index (χ4v) is 2.52. The minimum atomic E-state index is -0.837. The van der Waals surface area contributed by atoms with Gasteiger partial charge in [-0.1, -0.05) is 48.5 Å². The number of rotatable bonds is 7. The normalized spacial score (nSPS) is 11.2. The van der Waals surface area contributed by atoms with Crippen molar-refractivity contribution in [3.63, 3.8) is 0 Å². The fraction of sp³-hybridized carbons (Fsp3) is 0.286. The molecule has 0 aliphatic carbocycles. The lowest BCUT2D eigenvalue weighted by Crippen LogP contribution is -2.46. The first-order chi connectivity index (χ1) is 13.4. The summed E-state index contributed by atoms with van der Waals surface area (Å²) in [5.74, 6) is -0.821. The van der Waals surface area contributed by atoms with Crippen molar-refractivity contribution in [3.8, 4) is 0 Å². The summed E-state index contributed by atoms with van der Waals surface area (Å²) in [5.41, 5.74) is 3.46. The average molecular weight is 383 g/mol. The second-order valence-electron chi connectivity index (χ2n) is 6.46. The number of benzene rings is 2. The minimum absolute atomic E-state index is 0.110. The van der Waals surface area contributed by atoms with E-state index in [9.17, 15) is 14.4 Å². The SMILES string of the molecule is Cc1cccc(C)c1NC(=O)CNC(=O)[C@H](C)NC(=O)OCc1ccccc1. The predicted molar refractivity (Wildman–Crippen MR) is 107 cm³/mol. The van der Waals surface area contributed by atoms with Crippen LogP contribution < -0.4 is 16.0 Å². The van der Waals surface area contributed by atoms with Crippen LogP contribution in [0.2, 0.25) is 0 Å². The quantitative estimate of drug-likeness (QED) is 0.685. The van der Waals surface area contributed by atoms with Crippen LogP contribution in [0.3, 0.4) is 0 Å². The van der Waals surface area contributed by atoms with Crippen LogP contribution in [-0.4, -0.2) is 30.5 Å². The molecule has 1 atom stereocenters. The number of hydrogen-bond acceptors (Lipinski definition) is 4. The molecule has 0 radical (unpaired) electrons. The van der Waals surface area contributed by atoms with Gasteiger partial charge >= 0.3 is 6.09 Å². The lowest BCUT2D eigenvalue weighted by atomic mass is 10.1. The van der Waals surface area contributed by atoms with Crippen molar-refractivity contribution in [2.24, 2.45) is 0 Å². The van der Waals surface area contributed by atoms with E-state index in [1.807, 2.05) is 62.4 Å². The summed E-state index contributed by atoms with van der Waals surface area (Å²) in [6.07, 6.45) is -0.702. The van der Waals surface area contributed by atoms with Gasteiger partial charge in [0.15, 0.2) is 0 Å². The first-order valence-corrected chi connectivity index (χ1v) is 8.98. The molecule has 0 aromatic heterocycles. The summed E-state index contributed by atoms with van der Waals surface area (Å²) >= 11 is 0. The van der Waals surface area contributed by atoms with Gasteiger partial charge in [0.1, 0.15) is 12.6 Å². The Balaban J connectivity index is 1.74. The molecule has 0 heterocycles. The zero-order valence-corrected chi connectivity index (χ0v) is 16.2. The highest BCUT2D eigenvalue weighted by molar-refractivity contribution is 5.96. The predicted octanol–water partition coefficient (Wildman–Crippen LogP) is 2.67. The molecule has 148 valence electrons. The van der Waals surface area contributed by atoms with Gasteiger partial charge in [0, 0.05) is 5.69 Å². The van der Waals surface area contributed by atoms with Gasteiger partial charge in [-0.25, -0.2) is 4.79 Å². The van der Waals surface area contributed by atoms with Crippen molar-refractivity contribution in [2.75, 3.05) is 11.9 Å². The lowest BCUT2D eigenvalue weighted by Gasteiger charge is -2.15. The standard InChI is InChI=1S/C21H25N3O4/c1-14-8-7-9-15(2)19(14)24-18(25)12-22-20(26)16(3)23-21(27)28-13-17-10-5-4-6-11-17/h4-11,16H,12-13H2,1-3H3,(H,22,26)(H,23,27)(H,24,25)/t16-/m0/s1. The highest BCUT2D eigenvalue weighted by Crippen LogP contribution is 2.18. The van der Waals surface area contributed by atoms with Gasteiger partial charge in [-0.05, 0) is 37.5 Å². The molecule has 2 aromatic carbocycles. The van der Waals surface area contributed by atoms with Gasteiger partial charge in [-0.3, -0.25) is 9.59 Å². The van der Waals surface area contributed by atoms with E-state index in [4.69, 9.17) is 4.74 Å². The summed E-state index contributed by atoms with van der Waals surface area (Å²) in [7, 11) is 0. The van der Waals surface area contributed by atoms with Crippen LogP contribution in [0.25, 0.3) is 0 Å². The molecule has 0 spiro atoms. The van der Waals surface area contributed by atoms with Crippen LogP contribution >= 0.6 is 0 Å². The Hall–Kier alpha value is -3.35. The smallest absolute Gasteiger partial charge is 0.408 e. The molecule has 2 rings (SSSR count). The Kier molecular flexibility index (Phi) is 7.56. The number of anilines is 1. The molecule has 2 aromatic rings. The van der Waals surface area contributed by atoms with Crippen LogP contribution in [0.4, 0.5) is 10.5 Å². The van der Waals surface area contributed by atoms with Crippen LogP contribution in [0.5, 0.6) is 0 Å². The molecule has 0 saturated carbocycles. The average Bonchev–Trinajstić information content (AvgIpc) is 2.68. The first kappa shape index (κ1) is 21.0. The third kappa shape index (κ3) is 6.42. The van der Waals surface area contributed by atoms with E-state index in [0.29, 0.717) is 0 Å². The van der Waals surface area contributed by atoms with Crippen molar-refractivity contribution in [1.29, 1.82) is 0 Å². The van der Waals surface area contributed by atoms with E-state index < -0.39 is 18.0 Å². The minimum Gasteiger partial charge on any atom is -0.445 e. The number of para-hydroxylation sites is 1. The van der Waals surface area contributed by atoms with Crippen molar-refractivity contribution < 1.29 is 19.1 Å². The van der Waals surface area contributed by atoms with Crippen molar-refractivity contribution in [2.45, 2.75) is 33.4 Å². The van der Waals surface area contributed by atoms with Crippen LogP contribution in [0, 0.1) is 13.8 Å². The molecule has 28 heavy (non-hydrogen) atoms. The van der Waals surface area contributed by atoms with Gasteiger partial charge in [0.2, 0.25) is 11.8 Å². The number of nitrogens with one attached hydrogen (secondary N) is 3. The molecular weight excluding hydrogens is 358 g/mol. The van der Waals surface area contributed by atoms with Gasteiger partial charge in [0.25, 0.3) is 0 Å². The van der Waals surface area contributed by atoms with Crippen molar-refractivity contribution in [3.05, 3.63) is 65.2 Å². The molecule has 0 unspecified atom stereocenters. The highest BCUT2D eigenvalue weighted by Gasteiger charge is 2.17. The van der Waals surface area contributed by atoms with E-state index in [1.54, 1.807) is 0 Å². The molecule has 7 nitrogen and oxygen atoms in total. The topological polar surface area (TPSA) is 96.5 Å². The fourth-order valence-electron chi connectivity index (χ4n) is 2.52. The summed E-state index contributed by atoms with van der Waals surface area (Å²) in [4.78, 5) is 36.0. The molecule has 0 aliphatic rings. The van der Waals surface area contributed by atoms with Gasteiger partial charge in [0.05, 0.1) is 6.54 Å². The van der Waals surface area contributed by atoms with Gasteiger partial charge < -0.3 is 20.7 Å². The number of ether oxygens (including phenoxy) is 1. The summed E-state index contributed by atoms with van der Waals surface area (Å²) in [6.45, 7) is 5.22. The highest BCUT2D eigenvalue weighted by atomic mass is 16.5. The summed E-state index contributed by atoms with van der Waals surface area (Å²) in [6, 6.07) is 14.1. The van der Waals surface area contributed by atoms with E-state index in [-0.39, 0.29) is 19.1 Å². The number of carbonyl (C=O) groups is 3. The Morgan fingerprint density at radius 2 is 1.61 bits per heavy atom. The number of hydrogen-bond donors (Lipinski definition) is 3. The maximum absolute atomic E-state index is 12.1. The molecular formula is C21H25N3O4. The van der Waals surface area contributed by atoms with Crippen molar-refractivity contribution >= 4 is 23.6 Å². The number of amides is 3. The zero-order valence-electron chi connectivity index (χ0n) is 16.2. The maximum Gasteiger partial charge on any atom is 0.408 e. The van der Waals surface area contributed by atoms with E-state index in [0.717, 1.165) is 22.4 Å². The number of alkyl carbamates (subject to hydrolysis) is 1. The van der Waals surface area contributed by atoms with Gasteiger partial charge in [-0.15, -0.1) is 0 Å². The first-order valence-electron chi connectivity index (χ1n) is 8.98. The Labute approximate surface area is 164 Å². The Morgan fingerprint density at radius 1 is 0.964 bits per heavy atom. The third-order valence-electron chi connectivity index (χ3n) is 4.11. The zero-order chi connectivity index (χ0) is 20.5. The number of carbonyl (C=O) groups excluding carboxylic acids is 3. The summed E-state index contributed by atoms with van der Waals surface area (Å²) in [5, 5.41) is 7.72. The monoisotopic (exact) mass is 383 g/mol. The largest absolute Gasteiger partial charge is 0.445 e. The molecule has 0 saturated heterocycles. The van der Waals surface area contributed by atoms with Crippen LogP contribution in [0.1, 0.15) is 23.6 Å². The molecule has 7 heteroatoms.